The summed E-state index contributed by atoms with van der Waals surface area (Å²) in [5.74, 6) is 2.07. The molecule has 1 aliphatic rings. The van der Waals surface area contributed by atoms with Crippen LogP contribution in [0.5, 0.6) is 5.75 Å². The molecule has 1 unspecified atom stereocenters. The van der Waals surface area contributed by atoms with Crippen LogP contribution in [-0.2, 0) is 11.3 Å². The third-order valence-corrected chi connectivity index (χ3v) is 5.01. The first-order chi connectivity index (χ1) is 13.1. The van der Waals surface area contributed by atoms with Gasteiger partial charge in [-0.3, -0.25) is 9.79 Å². The maximum absolute atomic E-state index is 12.0. The minimum Gasteiger partial charge on any atom is -0.494 e. The molecule has 6 heteroatoms. The van der Waals surface area contributed by atoms with Crippen LogP contribution in [-0.4, -0.2) is 61.5 Å². The van der Waals surface area contributed by atoms with Gasteiger partial charge in [-0.1, -0.05) is 19.1 Å². The number of aliphatic imine (C=N–C) groups is 1. The van der Waals surface area contributed by atoms with Crippen LogP contribution in [0.2, 0.25) is 0 Å². The summed E-state index contributed by atoms with van der Waals surface area (Å²) in [5, 5.41) is 3.44. The van der Waals surface area contributed by atoms with Crippen molar-refractivity contribution < 1.29 is 9.53 Å². The summed E-state index contributed by atoms with van der Waals surface area (Å²) >= 11 is 0. The molecule has 1 heterocycles. The molecule has 1 saturated heterocycles. The van der Waals surface area contributed by atoms with Gasteiger partial charge in [0.25, 0.3) is 0 Å². The summed E-state index contributed by atoms with van der Waals surface area (Å²) in [6, 6.07) is 8.49. The molecule has 1 aliphatic heterocycles. The molecule has 150 valence electrons. The number of amides is 1. The highest BCUT2D eigenvalue weighted by molar-refractivity contribution is 5.79. The van der Waals surface area contributed by atoms with E-state index in [9.17, 15) is 4.79 Å². The largest absolute Gasteiger partial charge is 0.494 e. The molecule has 1 fully saturated rings. The Hall–Kier alpha value is -2.24. The van der Waals surface area contributed by atoms with Gasteiger partial charge in [-0.05, 0) is 43.9 Å². The van der Waals surface area contributed by atoms with Gasteiger partial charge < -0.3 is 19.9 Å². The van der Waals surface area contributed by atoms with Crippen molar-refractivity contribution in [3.63, 3.8) is 0 Å². The zero-order valence-electron chi connectivity index (χ0n) is 17.2. The van der Waals surface area contributed by atoms with Gasteiger partial charge in [0, 0.05) is 46.2 Å². The van der Waals surface area contributed by atoms with Gasteiger partial charge in [-0.15, -0.1) is 0 Å². The maximum Gasteiger partial charge on any atom is 0.222 e. The number of hydrogen-bond acceptors (Lipinski definition) is 3. The standard InChI is InChI=1S/C21H34N4O2/c1-5-18(25-15-7-8-20(25)26)13-14-23-21(22-3)24(4)16-17-9-11-19(12-10-17)27-6-2/h9-12,18H,5-8,13-16H2,1-4H3,(H,22,23). The predicted octanol–water partition coefficient (Wildman–Crippen LogP) is 2.88. The fourth-order valence-corrected chi connectivity index (χ4v) is 3.58. The second-order valence-corrected chi connectivity index (χ2v) is 6.95. The summed E-state index contributed by atoms with van der Waals surface area (Å²) in [7, 11) is 3.84. The molecule has 0 spiro atoms. The second kappa shape index (κ2) is 10.8. The molecule has 0 bridgehead atoms. The monoisotopic (exact) mass is 374 g/mol. The highest BCUT2D eigenvalue weighted by Crippen LogP contribution is 2.18. The first-order valence-electron chi connectivity index (χ1n) is 10.0. The number of rotatable bonds is 9. The Morgan fingerprint density at radius 1 is 1.33 bits per heavy atom. The average molecular weight is 375 g/mol. The predicted molar refractivity (Wildman–Crippen MR) is 110 cm³/mol. The SMILES string of the molecule is CCOc1ccc(CN(C)C(=NC)NCCC(CC)N2CCCC2=O)cc1. The van der Waals surface area contributed by atoms with E-state index in [0.717, 1.165) is 50.6 Å². The molecule has 27 heavy (non-hydrogen) atoms. The van der Waals surface area contributed by atoms with Gasteiger partial charge in [-0.2, -0.15) is 0 Å². The zero-order valence-corrected chi connectivity index (χ0v) is 17.2. The van der Waals surface area contributed by atoms with Crippen molar-refractivity contribution in [2.45, 2.75) is 52.1 Å². The molecule has 1 N–H and O–H groups in total. The quantitative estimate of drug-likeness (QED) is 0.533. The molecule has 2 rings (SSSR count). The van der Waals surface area contributed by atoms with Crippen molar-refractivity contribution >= 4 is 11.9 Å². The molecule has 0 radical (unpaired) electrons. The van der Waals surface area contributed by atoms with Crippen molar-refractivity contribution in [1.82, 2.24) is 15.1 Å². The van der Waals surface area contributed by atoms with Crippen LogP contribution in [0.25, 0.3) is 0 Å². The number of guanidine groups is 1. The van der Waals surface area contributed by atoms with Gasteiger partial charge in [0.15, 0.2) is 5.96 Å². The Bertz CT molecular complexity index is 615. The van der Waals surface area contributed by atoms with Crippen LogP contribution >= 0.6 is 0 Å². The lowest BCUT2D eigenvalue weighted by Crippen LogP contribution is -2.42. The number of carbonyl (C=O) groups excluding carboxylic acids is 1. The van der Waals surface area contributed by atoms with E-state index < -0.39 is 0 Å². The summed E-state index contributed by atoms with van der Waals surface area (Å²) in [4.78, 5) is 20.5. The van der Waals surface area contributed by atoms with Crippen LogP contribution in [0.15, 0.2) is 29.3 Å². The third-order valence-electron chi connectivity index (χ3n) is 5.01. The Kier molecular flexibility index (Phi) is 8.43. The van der Waals surface area contributed by atoms with Gasteiger partial charge in [-0.25, -0.2) is 0 Å². The third kappa shape index (κ3) is 6.15. The number of hydrogen-bond donors (Lipinski definition) is 1. The van der Waals surface area contributed by atoms with E-state index in [2.05, 4.69) is 34.3 Å². The Morgan fingerprint density at radius 2 is 2.07 bits per heavy atom. The normalized spacial score (nSPS) is 15.8. The minimum absolute atomic E-state index is 0.304. The minimum atomic E-state index is 0.304. The van der Waals surface area contributed by atoms with E-state index in [1.807, 2.05) is 31.0 Å². The highest BCUT2D eigenvalue weighted by Gasteiger charge is 2.26. The first kappa shape index (κ1) is 21.1. The Morgan fingerprint density at radius 3 is 2.63 bits per heavy atom. The Labute approximate surface area is 163 Å². The zero-order chi connectivity index (χ0) is 19.6. The average Bonchev–Trinajstić information content (AvgIpc) is 3.09. The van der Waals surface area contributed by atoms with Gasteiger partial charge in [0.2, 0.25) is 5.91 Å². The fourth-order valence-electron chi connectivity index (χ4n) is 3.58. The molecular formula is C21H34N4O2. The molecule has 0 aromatic heterocycles. The lowest BCUT2D eigenvalue weighted by molar-refractivity contribution is -0.129. The smallest absolute Gasteiger partial charge is 0.222 e. The number of nitrogens with one attached hydrogen (secondary N) is 1. The number of carbonyl (C=O) groups is 1. The highest BCUT2D eigenvalue weighted by atomic mass is 16.5. The van der Waals surface area contributed by atoms with Crippen molar-refractivity contribution in [1.29, 1.82) is 0 Å². The maximum atomic E-state index is 12.0. The van der Waals surface area contributed by atoms with E-state index in [1.54, 1.807) is 7.05 Å². The van der Waals surface area contributed by atoms with Crippen molar-refractivity contribution in [3.8, 4) is 5.75 Å². The topological polar surface area (TPSA) is 57.2 Å². The molecular weight excluding hydrogens is 340 g/mol. The van der Waals surface area contributed by atoms with Gasteiger partial charge >= 0.3 is 0 Å². The molecule has 0 aliphatic carbocycles. The molecule has 1 atom stereocenters. The van der Waals surface area contributed by atoms with Crippen LogP contribution in [0.1, 0.15) is 45.1 Å². The summed E-state index contributed by atoms with van der Waals surface area (Å²) in [6.45, 7) is 7.31. The Balaban J connectivity index is 1.82. The second-order valence-electron chi connectivity index (χ2n) is 6.95. The van der Waals surface area contributed by atoms with Crippen molar-refractivity contribution in [3.05, 3.63) is 29.8 Å². The van der Waals surface area contributed by atoms with E-state index in [-0.39, 0.29) is 0 Å². The molecule has 1 amide bonds. The molecule has 1 aromatic rings. The summed E-state index contributed by atoms with van der Waals surface area (Å²) in [5.41, 5.74) is 1.21. The first-order valence-corrected chi connectivity index (χ1v) is 10.0. The van der Waals surface area contributed by atoms with Crippen LogP contribution in [0.3, 0.4) is 0 Å². The van der Waals surface area contributed by atoms with Crippen molar-refractivity contribution in [2.75, 3.05) is 33.8 Å². The van der Waals surface area contributed by atoms with E-state index in [4.69, 9.17) is 4.74 Å². The van der Waals surface area contributed by atoms with E-state index in [0.29, 0.717) is 25.0 Å². The van der Waals surface area contributed by atoms with Gasteiger partial charge in [0.05, 0.1) is 6.61 Å². The summed E-state index contributed by atoms with van der Waals surface area (Å²) < 4.78 is 5.49. The van der Waals surface area contributed by atoms with E-state index in [1.165, 1.54) is 5.56 Å². The molecule has 6 nitrogen and oxygen atoms in total. The van der Waals surface area contributed by atoms with Crippen LogP contribution in [0, 0.1) is 0 Å². The van der Waals surface area contributed by atoms with E-state index >= 15 is 0 Å². The number of benzene rings is 1. The lowest BCUT2D eigenvalue weighted by atomic mass is 10.1. The van der Waals surface area contributed by atoms with Crippen LogP contribution in [0.4, 0.5) is 0 Å². The molecule has 1 aromatic carbocycles. The number of likely N-dealkylation sites (tertiary alicyclic amines) is 1. The van der Waals surface area contributed by atoms with Crippen molar-refractivity contribution in [2.24, 2.45) is 4.99 Å². The van der Waals surface area contributed by atoms with Gasteiger partial charge in [0.1, 0.15) is 5.75 Å². The lowest BCUT2D eigenvalue weighted by Gasteiger charge is -2.28. The number of nitrogens with zero attached hydrogens (tertiary/aromatic N) is 3. The molecule has 0 saturated carbocycles. The van der Waals surface area contributed by atoms with Crippen LogP contribution < -0.4 is 10.1 Å². The number of ether oxygens (including phenoxy) is 1. The fraction of sp³-hybridized carbons (Fsp3) is 0.619. The summed E-state index contributed by atoms with van der Waals surface area (Å²) in [6.07, 6.45) is 3.64.